The Bertz CT molecular complexity index is 697. The Balaban J connectivity index is 1.95. The number of fused-ring (bicyclic) bond motifs is 1. The number of aromatic nitrogens is 3. The van der Waals surface area contributed by atoms with Gasteiger partial charge >= 0.3 is 5.16 Å². The normalized spacial score (nSPS) is 21.8. The van der Waals surface area contributed by atoms with Crippen LogP contribution in [0.25, 0.3) is 0 Å². The summed E-state index contributed by atoms with van der Waals surface area (Å²) >= 11 is -1.66. The highest BCUT2D eigenvalue weighted by atomic mass is 32.2. The molecule has 3 atom stereocenters. The van der Waals surface area contributed by atoms with Gasteiger partial charge in [-0.15, -0.1) is 5.10 Å². The zero-order chi connectivity index (χ0) is 15.0. The summed E-state index contributed by atoms with van der Waals surface area (Å²) in [6.45, 7) is 0. The van der Waals surface area contributed by atoms with Crippen molar-refractivity contribution in [2.24, 2.45) is 0 Å². The van der Waals surface area contributed by atoms with Gasteiger partial charge in [0.15, 0.2) is 17.7 Å². The van der Waals surface area contributed by atoms with Gasteiger partial charge in [0.05, 0.1) is 6.04 Å². The monoisotopic (exact) mass is 308 g/mol. The van der Waals surface area contributed by atoms with Crippen molar-refractivity contribution in [3.05, 3.63) is 41.5 Å². The summed E-state index contributed by atoms with van der Waals surface area (Å²) in [6.07, 6.45) is -1.16. The first-order valence-electron chi connectivity index (χ1n) is 6.21. The molecule has 0 saturated heterocycles. The molecular formula is C13H10F2N4OS. The van der Waals surface area contributed by atoms with Gasteiger partial charge in [-0.25, -0.2) is 13.5 Å². The summed E-state index contributed by atoms with van der Waals surface area (Å²) in [6, 6.07) is 7.09. The van der Waals surface area contributed by atoms with E-state index in [1.54, 1.807) is 18.2 Å². The molecular weight excluding hydrogens is 298 g/mol. The van der Waals surface area contributed by atoms with Crippen molar-refractivity contribution in [2.75, 3.05) is 5.75 Å². The SMILES string of the molecule is N#CC[S@@+]([O-])c1nc2n(n1)[C@H](c1ccc(F)cc1)C[C@@H]2F. The molecule has 0 bridgehead atoms. The van der Waals surface area contributed by atoms with E-state index in [2.05, 4.69) is 10.1 Å². The van der Waals surface area contributed by atoms with Crippen molar-refractivity contribution in [1.82, 2.24) is 14.8 Å². The van der Waals surface area contributed by atoms with E-state index in [0.29, 0.717) is 5.56 Å². The van der Waals surface area contributed by atoms with E-state index < -0.39 is 23.4 Å². The van der Waals surface area contributed by atoms with Crippen LogP contribution in [0.2, 0.25) is 0 Å². The second kappa shape index (κ2) is 5.42. The molecule has 108 valence electrons. The number of hydrogen-bond acceptors (Lipinski definition) is 4. The summed E-state index contributed by atoms with van der Waals surface area (Å²) in [5.41, 5.74) is 0.709. The van der Waals surface area contributed by atoms with Gasteiger partial charge < -0.3 is 4.55 Å². The van der Waals surface area contributed by atoms with Crippen molar-refractivity contribution >= 4 is 11.2 Å². The van der Waals surface area contributed by atoms with Gasteiger partial charge in [0.2, 0.25) is 0 Å². The number of benzene rings is 1. The van der Waals surface area contributed by atoms with Gasteiger partial charge in [-0.3, -0.25) is 0 Å². The minimum atomic E-state index is -1.66. The third-order valence-electron chi connectivity index (χ3n) is 3.30. The van der Waals surface area contributed by atoms with Crippen LogP contribution in [0.15, 0.2) is 29.4 Å². The van der Waals surface area contributed by atoms with Crippen molar-refractivity contribution in [1.29, 1.82) is 5.26 Å². The largest absolute Gasteiger partial charge is 0.608 e. The maximum atomic E-state index is 14.0. The van der Waals surface area contributed by atoms with Crippen LogP contribution in [-0.4, -0.2) is 25.1 Å². The fraction of sp³-hybridized carbons (Fsp3) is 0.308. The van der Waals surface area contributed by atoms with Crippen LogP contribution in [0.5, 0.6) is 0 Å². The van der Waals surface area contributed by atoms with E-state index in [-0.39, 0.29) is 29.0 Å². The molecule has 2 heterocycles. The standard InChI is InChI=1S/C13H10F2N4OS/c14-9-3-1-8(2-4-9)11-7-10(15)12-17-13(18-19(11)12)21(20)6-5-16/h1-4,10-11H,6-7H2/t10-,11-,21+/m0/s1. The number of nitriles is 1. The fourth-order valence-corrected chi connectivity index (χ4v) is 2.96. The quantitative estimate of drug-likeness (QED) is 0.813. The zero-order valence-corrected chi connectivity index (χ0v) is 11.6. The third-order valence-corrected chi connectivity index (χ3v) is 4.27. The second-order valence-corrected chi connectivity index (χ2v) is 5.96. The Morgan fingerprint density at radius 3 is 2.81 bits per heavy atom. The van der Waals surface area contributed by atoms with Crippen molar-refractivity contribution in [3.63, 3.8) is 0 Å². The van der Waals surface area contributed by atoms with Crippen LogP contribution in [0.1, 0.15) is 30.0 Å². The van der Waals surface area contributed by atoms with Gasteiger partial charge in [-0.05, 0) is 17.7 Å². The molecule has 0 amide bonds. The molecule has 0 saturated carbocycles. The van der Waals surface area contributed by atoms with Crippen LogP contribution in [0, 0.1) is 17.1 Å². The maximum absolute atomic E-state index is 14.0. The van der Waals surface area contributed by atoms with Gasteiger partial charge in [0.25, 0.3) is 0 Å². The van der Waals surface area contributed by atoms with Gasteiger partial charge in [0.1, 0.15) is 11.9 Å². The molecule has 0 spiro atoms. The number of halogens is 2. The third kappa shape index (κ3) is 2.50. The maximum Gasteiger partial charge on any atom is 0.362 e. The number of nitrogens with zero attached hydrogens (tertiary/aromatic N) is 4. The van der Waals surface area contributed by atoms with Crippen LogP contribution in [0.4, 0.5) is 8.78 Å². The predicted molar refractivity (Wildman–Crippen MR) is 69.9 cm³/mol. The van der Waals surface area contributed by atoms with Crippen LogP contribution < -0.4 is 0 Å². The van der Waals surface area contributed by atoms with Crippen molar-refractivity contribution < 1.29 is 13.3 Å². The molecule has 0 aliphatic carbocycles. The van der Waals surface area contributed by atoms with E-state index >= 15 is 0 Å². The summed E-state index contributed by atoms with van der Waals surface area (Å²) in [5.74, 6) is -0.504. The summed E-state index contributed by atoms with van der Waals surface area (Å²) in [5, 5.41) is 12.6. The molecule has 3 rings (SSSR count). The van der Waals surface area contributed by atoms with Crippen LogP contribution in [0.3, 0.4) is 0 Å². The summed E-state index contributed by atoms with van der Waals surface area (Å²) < 4.78 is 40.1. The molecule has 0 radical (unpaired) electrons. The molecule has 5 nitrogen and oxygen atoms in total. The van der Waals surface area contributed by atoms with E-state index in [1.807, 2.05) is 0 Å². The molecule has 1 aliphatic heterocycles. The first-order chi connectivity index (χ1) is 10.1. The van der Waals surface area contributed by atoms with Gasteiger partial charge in [-0.1, -0.05) is 12.1 Å². The Morgan fingerprint density at radius 2 is 2.14 bits per heavy atom. The molecule has 1 aromatic heterocycles. The van der Waals surface area contributed by atoms with Crippen molar-refractivity contribution in [3.8, 4) is 6.07 Å². The Morgan fingerprint density at radius 1 is 1.43 bits per heavy atom. The first kappa shape index (κ1) is 14.0. The van der Waals surface area contributed by atoms with E-state index in [4.69, 9.17) is 5.26 Å². The number of alkyl halides is 1. The minimum absolute atomic E-state index is 0.0407. The topological polar surface area (TPSA) is 77.6 Å². The number of rotatable bonds is 3. The van der Waals surface area contributed by atoms with E-state index in [9.17, 15) is 13.3 Å². The van der Waals surface area contributed by atoms with Crippen LogP contribution >= 0.6 is 0 Å². The molecule has 0 fully saturated rings. The highest BCUT2D eigenvalue weighted by molar-refractivity contribution is 7.91. The Hall–Kier alpha value is -1.98. The smallest absolute Gasteiger partial charge is 0.362 e. The number of hydrogen-bond donors (Lipinski definition) is 0. The molecule has 1 aromatic carbocycles. The lowest BCUT2D eigenvalue weighted by Crippen LogP contribution is -2.11. The van der Waals surface area contributed by atoms with Crippen LogP contribution in [-0.2, 0) is 11.2 Å². The Kier molecular flexibility index (Phi) is 3.61. The minimum Gasteiger partial charge on any atom is -0.608 e. The predicted octanol–water partition coefficient (Wildman–Crippen LogP) is 2.05. The summed E-state index contributed by atoms with van der Waals surface area (Å²) in [7, 11) is 0. The molecule has 21 heavy (non-hydrogen) atoms. The average molecular weight is 308 g/mol. The van der Waals surface area contributed by atoms with Crippen molar-refractivity contribution in [2.45, 2.75) is 23.8 Å². The fourth-order valence-electron chi connectivity index (χ4n) is 2.34. The first-order valence-corrected chi connectivity index (χ1v) is 7.53. The lowest BCUT2D eigenvalue weighted by atomic mass is 10.0. The molecule has 1 aliphatic rings. The molecule has 8 heteroatoms. The van der Waals surface area contributed by atoms with E-state index in [0.717, 1.165) is 0 Å². The molecule has 0 unspecified atom stereocenters. The lowest BCUT2D eigenvalue weighted by molar-refractivity contribution is 0.326. The highest BCUT2D eigenvalue weighted by Gasteiger charge is 2.37. The van der Waals surface area contributed by atoms with E-state index in [1.165, 1.54) is 16.8 Å². The average Bonchev–Trinajstić information content (AvgIpc) is 3.01. The lowest BCUT2D eigenvalue weighted by Gasteiger charge is -2.11. The zero-order valence-electron chi connectivity index (χ0n) is 10.7. The molecule has 0 N–H and O–H groups in total. The summed E-state index contributed by atoms with van der Waals surface area (Å²) in [4.78, 5) is 3.94. The second-order valence-electron chi connectivity index (χ2n) is 4.62. The van der Waals surface area contributed by atoms with Gasteiger partial charge in [0, 0.05) is 17.6 Å². The molecule has 2 aromatic rings. The Labute approximate surface area is 122 Å². The highest BCUT2D eigenvalue weighted by Crippen LogP contribution is 2.39. The van der Waals surface area contributed by atoms with Gasteiger partial charge in [-0.2, -0.15) is 10.2 Å².